The Morgan fingerprint density at radius 3 is 2.38 bits per heavy atom. The second-order valence-electron chi connectivity index (χ2n) is 2.95. The van der Waals surface area contributed by atoms with Crippen LogP contribution in [0.1, 0.15) is 17.5 Å². The summed E-state index contributed by atoms with van der Waals surface area (Å²) in [6.07, 6.45) is 6.96. The fourth-order valence-corrected chi connectivity index (χ4v) is 1.19. The lowest BCUT2D eigenvalue weighted by molar-refractivity contribution is 0.185. The van der Waals surface area contributed by atoms with Gasteiger partial charge in [0.1, 0.15) is 0 Å². The molecule has 0 unspecified atom stereocenters. The van der Waals surface area contributed by atoms with Crippen LogP contribution in [-0.4, -0.2) is 7.11 Å². The van der Waals surface area contributed by atoms with Crippen LogP contribution < -0.4 is 0 Å². The molecule has 1 rings (SSSR count). The van der Waals surface area contributed by atoms with E-state index in [0.717, 1.165) is 12.8 Å². The summed E-state index contributed by atoms with van der Waals surface area (Å²) < 4.78 is 5.02. The highest BCUT2D eigenvalue weighted by molar-refractivity contribution is 5.22. The molecule has 1 nitrogen and oxygen atoms in total. The van der Waals surface area contributed by atoms with Crippen LogP contribution in [0.5, 0.6) is 0 Å². The van der Waals surface area contributed by atoms with Crippen LogP contribution in [0.4, 0.5) is 0 Å². The van der Waals surface area contributed by atoms with Gasteiger partial charge in [-0.05, 0) is 17.5 Å². The lowest BCUT2D eigenvalue weighted by Gasteiger charge is -2.01. The summed E-state index contributed by atoms with van der Waals surface area (Å²) in [4.78, 5) is 0. The van der Waals surface area contributed by atoms with E-state index in [1.54, 1.807) is 7.11 Å². The van der Waals surface area contributed by atoms with Gasteiger partial charge in [0.15, 0.2) is 0 Å². The Morgan fingerprint density at radius 1 is 1.23 bits per heavy atom. The van der Waals surface area contributed by atoms with E-state index in [9.17, 15) is 0 Å². The fourth-order valence-electron chi connectivity index (χ4n) is 1.19. The maximum absolute atomic E-state index is 5.18. The van der Waals surface area contributed by atoms with Crippen molar-refractivity contribution < 1.29 is 4.74 Å². The highest BCUT2D eigenvalue weighted by Crippen LogP contribution is 2.07. The maximum Gasteiger partial charge on any atom is 0.0713 e. The van der Waals surface area contributed by atoms with Crippen molar-refractivity contribution in [2.45, 2.75) is 19.4 Å². The van der Waals surface area contributed by atoms with Crippen molar-refractivity contribution in [2.75, 3.05) is 7.11 Å². The molecular weight excluding hydrogens is 160 g/mol. The second kappa shape index (κ2) is 5.40. The van der Waals surface area contributed by atoms with E-state index >= 15 is 0 Å². The SMILES string of the molecule is C#CCCc1ccc(COC)cc1. The van der Waals surface area contributed by atoms with E-state index in [1.807, 2.05) is 0 Å². The number of rotatable bonds is 4. The molecule has 0 heterocycles. The van der Waals surface area contributed by atoms with Gasteiger partial charge in [0.25, 0.3) is 0 Å². The molecule has 0 aliphatic carbocycles. The monoisotopic (exact) mass is 174 g/mol. The molecule has 0 radical (unpaired) electrons. The lowest BCUT2D eigenvalue weighted by Crippen LogP contribution is -1.88. The van der Waals surface area contributed by atoms with Gasteiger partial charge in [-0.15, -0.1) is 12.3 Å². The molecule has 0 aliphatic rings. The standard InChI is InChI=1S/C12H14O/c1-3-4-5-11-6-8-12(9-7-11)10-13-2/h1,6-9H,4-5,10H2,2H3. The number of terminal acetylenes is 1. The van der Waals surface area contributed by atoms with Gasteiger partial charge in [-0.1, -0.05) is 24.3 Å². The third kappa shape index (κ3) is 3.31. The summed E-state index contributed by atoms with van der Waals surface area (Å²) in [6.45, 7) is 0.676. The molecule has 0 spiro atoms. The predicted molar refractivity (Wildman–Crippen MR) is 54.3 cm³/mol. The Bertz CT molecular complexity index is 279. The molecule has 68 valence electrons. The van der Waals surface area contributed by atoms with Crippen molar-refractivity contribution in [3.05, 3.63) is 35.4 Å². The lowest BCUT2D eigenvalue weighted by atomic mass is 10.1. The summed E-state index contributed by atoms with van der Waals surface area (Å²) in [5.41, 5.74) is 2.49. The molecule has 0 aromatic heterocycles. The molecule has 0 atom stereocenters. The first-order chi connectivity index (χ1) is 6.36. The third-order valence-electron chi connectivity index (χ3n) is 1.89. The quantitative estimate of drug-likeness (QED) is 0.637. The van der Waals surface area contributed by atoms with E-state index in [-0.39, 0.29) is 0 Å². The number of hydrogen-bond donors (Lipinski definition) is 0. The van der Waals surface area contributed by atoms with Crippen LogP contribution in [0.2, 0.25) is 0 Å². The Labute approximate surface area is 79.7 Å². The summed E-state index contributed by atoms with van der Waals surface area (Å²) in [7, 11) is 1.70. The van der Waals surface area contributed by atoms with Crippen molar-refractivity contribution in [2.24, 2.45) is 0 Å². The first-order valence-corrected chi connectivity index (χ1v) is 4.37. The summed E-state index contributed by atoms with van der Waals surface area (Å²) in [5, 5.41) is 0. The molecule has 0 amide bonds. The Morgan fingerprint density at radius 2 is 1.85 bits per heavy atom. The predicted octanol–water partition coefficient (Wildman–Crippen LogP) is 2.40. The largest absolute Gasteiger partial charge is 0.380 e. The molecule has 1 heteroatoms. The highest BCUT2D eigenvalue weighted by Gasteiger charge is 1.93. The van der Waals surface area contributed by atoms with Gasteiger partial charge in [-0.2, -0.15) is 0 Å². The third-order valence-corrected chi connectivity index (χ3v) is 1.89. The Kier molecular flexibility index (Phi) is 4.08. The fraction of sp³-hybridized carbons (Fsp3) is 0.333. The Hall–Kier alpha value is -1.26. The number of aryl methyl sites for hydroxylation is 1. The van der Waals surface area contributed by atoms with Crippen LogP contribution >= 0.6 is 0 Å². The zero-order chi connectivity index (χ0) is 9.52. The maximum atomic E-state index is 5.18. The summed E-state index contributed by atoms with van der Waals surface area (Å²) in [5.74, 6) is 2.63. The average molecular weight is 174 g/mol. The molecule has 0 saturated heterocycles. The van der Waals surface area contributed by atoms with Gasteiger partial charge in [0.2, 0.25) is 0 Å². The molecule has 0 N–H and O–H groups in total. The molecule has 0 bridgehead atoms. The second-order valence-corrected chi connectivity index (χ2v) is 2.95. The van der Waals surface area contributed by atoms with Crippen LogP contribution in [0, 0.1) is 12.3 Å². The van der Waals surface area contributed by atoms with Gasteiger partial charge >= 0.3 is 0 Å². The van der Waals surface area contributed by atoms with Gasteiger partial charge in [0, 0.05) is 13.5 Å². The molecule has 1 aromatic carbocycles. The number of ether oxygens (including phenoxy) is 1. The van der Waals surface area contributed by atoms with E-state index in [0.29, 0.717) is 6.61 Å². The first kappa shape index (κ1) is 9.83. The van der Waals surface area contributed by atoms with Crippen molar-refractivity contribution >= 4 is 0 Å². The average Bonchev–Trinajstić information content (AvgIpc) is 2.17. The topological polar surface area (TPSA) is 9.23 Å². The smallest absolute Gasteiger partial charge is 0.0713 e. The van der Waals surface area contributed by atoms with Crippen LogP contribution in [0.3, 0.4) is 0 Å². The van der Waals surface area contributed by atoms with Crippen molar-refractivity contribution in [3.8, 4) is 12.3 Å². The highest BCUT2D eigenvalue weighted by atomic mass is 16.5. The number of benzene rings is 1. The van der Waals surface area contributed by atoms with Crippen molar-refractivity contribution in [1.29, 1.82) is 0 Å². The number of methoxy groups -OCH3 is 1. The van der Waals surface area contributed by atoms with Crippen LogP contribution in [0.15, 0.2) is 24.3 Å². The molecule has 0 fully saturated rings. The van der Waals surface area contributed by atoms with Crippen LogP contribution in [0.25, 0.3) is 0 Å². The van der Waals surface area contributed by atoms with Crippen LogP contribution in [-0.2, 0) is 17.8 Å². The number of hydrogen-bond acceptors (Lipinski definition) is 1. The van der Waals surface area contributed by atoms with Crippen molar-refractivity contribution in [3.63, 3.8) is 0 Å². The zero-order valence-electron chi connectivity index (χ0n) is 7.92. The van der Waals surface area contributed by atoms with Gasteiger partial charge in [-0.3, -0.25) is 0 Å². The molecule has 13 heavy (non-hydrogen) atoms. The summed E-state index contributed by atoms with van der Waals surface area (Å²) >= 11 is 0. The van der Waals surface area contributed by atoms with Gasteiger partial charge in [0.05, 0.1) is 6.61 Å². The zero-order valence-corrected chi connectivity index (χ0v) is 7.92. The minimum absolute atomic E-state index is 0.676. The minimum atomic E-state index is 0.676. The van der Waals surface area contributed by atoms with Gasteiger partial charge < -0.3 is 4.74 Å². The Balaban J connectivity index is 2.54. The molecular formula is C12H14O. The van der Waals surface area contributed by atoms with Gasteiger partial charge in [-0.25, -0.2) is 0 Å². The molecule has 0 saturated carbocycles. The van der Waals surface area contributed by atoms with E-state index < -0.39 is 0 Å². The normalized spacial score (nSPS) is 9.54. The molecule has 0 aliphatic heterocycles. The van der Waals surface area contributed by atoms with E-state index in [2.05, 4.69) is 30.2 Å². The van der Waals surface area contributed by atoms with E-state index in [4.69, 9.17) is 11.2 Å². The van der Waals surface area contributed by atoms with Crippen molar-refractivity contribution in [1.82, 2.24) is 0 Å². The first-order valence-electron chi connectivity index (χ1n) is 4.37. The summed E-state index contributed by atoms with van der Waals surface area (Å²) in [6, 6.07) is 8.36. The molecule has 1 aromatic rings. The van der Waals surface area contributed by atoms with E-state index in [1.165, 1.54) is 11.1 Å². The minimum Gasteiger partial charge on any atom is -0.380 e.